The van der Waals surface area contributed by atoms with Gasteiger partial charge in [-0.15, -0.1) is 0 Å². The van der Waals surface area contributed by atoms with Crippen molar-refractivity contribution in [3.8, 4) is 11.5 Å². The second-order valence-electron chi connectivity index (χ2n) is 7.27. The molecule has 0 bridgehead atoms. The fourth-order valence-electron chi connectivity index (χ4n) is 3.86. The van der Waals surface area contributed by atoms with E-state index in [1.165, 1.54) is 4.90 Å². The number of halogens is 2. The van der Waals surface area contributed by atoms with Crippen LogP contribution in [0.2, 0.25) is 10.0 Å². The van der Waals surface area contributed by atoms with Crippen LogP contribution in [0.3, 0.4) is 0 Å². The van der Waals surface area contributed by atoms with Gasteiger partial charge in [-0.05, 0) is 54.1 Å². The fraction of sp³-hybridized carbons (Fsp3) is 0.0833. The first-order chi connectivity index (χ1) is 15.4. The first kappa shape index (κ1) is 20.4. The van der Waals surface area contributed by atoms with E-state index >= 15 is 0 Å². The molecule has 8 heteroatoms. The maximum Gasteiger partial charge on any atom is 0.300 e. The Morgan fingerprint density at radius 2 is 1.50 bits per heavy atom. The van der Waals surface area contributed by atoms with Gasteiger partial charge in [-0.1, -0.05) is 35.3 Å². The minimum Gasteiger partial charge on any atom is -0.507 e. The number of benzene rings is 3. The van der Waals surface area contributed by atoms with E-state index in [4.69, 9.17) is 32.7 Å². The normalized spacial score (nSPS) is 18.9. The molecule has 160 valence electrons. The predicted molar refractivity (Wildman–Crippen MR) is 120 cm³/mol. The second-order valence-corrected chi connectivity index (χ2v) is 8.14. The molecule has 5 rings (SSSR count). The third-order valence-corrected chi connectivity index (χ3v) is 5.89. The Bertz CT molecular complexity index is 1270. The number of ketones is 1. The van der Waals surface area contributed by atoms with E-state index in [1.807, 2.05) is 0 Å². The predicted octanol–water partition coefficient (Wildman–Crippen LogP) is 5.35. The van der Waals surface area contributed by atoms with Gasteiger partial charge in [0.25, 0.3) is 11.7 Å². The Hall–Kier alpha value is -3.48. The summed E-state index contributed by atoms with van der Waals surface area (Å²) in [6.07, 6.45) is 0. The topological polar surface area (TPSA) is 76.1 Å². The Morgan fingerprint density at radius 1 is 0.875 bits per heavy atom. The number of carbonyl (C=O) groups is 2. The number of Topliss-reactive ketones (excluding diaryl/α,β-unsaturated/α-hetero) is 1. The summed E-state index contributed by atoms with van der Waals surface area (Å²) in [6.45, 7) is 0.0782. The Morgan fingerprint density at radius 3 is 2.19 bits per heavy atom. The van der Waals surface area contributed by atoms with Gasteiger partial charge in [-0.3, -0.25) is 14.5 Å². The summed E-state index contributed by atoms with van der Waals surface area (Å²) in [7, 11) is 0. The van der Waals surface area contributed by atoms with Gasteiger partial charge in [0.05, 0.1) is 11.6 Å². The maximum absolute atomic E-state index is 13.2. The van der Waals surface area contributed by atoms with E-state index in [0.29, 0.717) is 38.4 Å². The molecule has 1 saturated heterocycles. The number of aliphatic hydroxyl groups is 1. The zero-order chi connectivity index (χ0) is 22.4. The van der Waals surface area contributed by atoms with E-state index in [-0.39, 0.29) is 18.1 Å². The average Bonchev–Trinajstić information content (AvgIpc) is 3.36. The largest absolute Gasteiger partial charge is 0.507 e. The number of aliphatic hydroxyl groups excluding tert-OH is 1. The van der Waals surface area contributed by atoms with E-state index in [0.717, 1.165) is 0 Å². The third-order valence-electron chi connectivity index (χ3n) is 5.38. The molecule has 1 N–H and O–H groups in total. The number of nitrogens with zero attached hydrogens (tertiary/aromatic N) is 1. The van der Waals surface area contributed by atoms with Crippen LogP contribution in [0.5, 0.6) is 11.5 Å². The Kier molecular flexibility index (Phi) is 5.04. The number of ether oxygens (including phenoxy) is 2. The quantitative estimate of drug-likeness (QED) is 0.319. The van der Waals surface area contributed by atoms with Gasteiger partial charge in [0.1, 0.15) is 5.76 Å². The summed E-state index contributed by atoms with van der Waals surface area (Å²) in [5.74, 6) is -0.830. The fourth-order valence-corrected chi connectivity index (χ4v) is 4.11. The number of fused-ring (bicyclic) bond motifs is 1. The molecule has 32 heavy (non-hydrogen) atoms. The highest BCUT2D eigenvalue weighted by Crippen LogP contribution is 2.45. The highest BCUT2D eigenvalue weighted by molar-refractivity contribution is 6.51. The highest BCUT2D eigenvalue weighted by atomic mass is 35.5. The van der Waals surface area contributed by atoms with Gasteiger partial charge in [-0.2, -0.15) is 0 Å². The van der Waals surface area contributed by atoms with Crippen molar-refractivity contribution in [2.75, 3.05) is 11.7 Å². The second kappa shape index (κ2) is 7.89. The molecule has 3 aromatic rings. The highest BCUT2D eigenvalue weighted by Gasteiger charge is 2.47. The molecule has 3 aromatic carbocycles. The maximum atomic E-state index is 13.2. The van der Waals surface area contributed by atoms with Gasteiger partial charge in [0, 0.05) is 27.4 Å². The molecule has 1 amide bonds. The smallest absolute Gasteiger partial charge is 0.300 e. The van der Waals surface area contributed by atoms with Gasteiger partial charge in [0.15, 0.2) is 11.5 Å². The van der Waals surface area contributed by atoms with Crippen LogP contribution in [0.15, 0.2) is 72.3 Å². The van der Waals surface area contributed by atoms with Crippen molar-refractivity contribution in [3.05, 3.63) is 93.5 Å². The van der Waals surface area contributed by atoms with Gasteiger partial charge < -0.3 is 14.6 Å². The van der Waals surface area contributed by atoms with Gasteiger partial charge in [-0.25, -0.2) is 0 Å². The molecule has 2 heterocycles. The van der Waals surface area contributed by atoms with Gasteiger partial charge in [0.2, 0.25) is 6.79 Å². The van der Waals surface area contributed by atoms with Crippen LogP contribution in [-0.4, -0.2) is 23.6 Å². The van der Waals surface area contributed by atoms with E-state index in [1.54, 1.807) is 66.7 Å². The van der Waals surface area contributed by atoms with Crippen molar-refractivity contribution >= 4 is 46.3 Å². The van der Waals surface area contributed by atoms with Crippen molar-refractivity contribution in [2.45, 2.75) is 6.04 Å². The molecular formula is C24H15Cl2NO5. The standard InChI is InChI=1S/C24H15Cl2NO5/c25-15-5-1-13(2-6-15)21-20(22(28)14-3-7-16(26)8-4-14)23(29)24(30)27(21)17-9-10-18-19(11-17)32-12-31-18/h1-11,21,28H,12H2/b22-20+. The first-order valence-corrected chi connectivity index (χ1v) is 10.4. The number of anilines is 1. The SMILES string of the molecule is O=C1C(=O)N(c2ccc3c(c2)OCO3)C(c2ccc(Cl)cc2)/C1=C(\O)c1ccc(Cl)cc1. The number of amides is 1. The summed E-state index contributed by atoms with van der Waals surface area (Å²) in [5.41, 5.74) is 1.39. The van der Waals surface area contributed by atoms with Crippen LogP contribution in [0.25, 0.3) is 5.76 Å². The van der Waals surface area contributed by atoms with E-state index in [9.17, 15) is 14.7 Å². The Labute approximate surface area is 193 Å². The molecule has 2 aliphatic heterocycles. The summed E-state index contributed by atoms with van der Waals surface area (Å²) >= 11 is 12.0. The van der Waals surface area contributed by atoms with E-state index < -0.39 is 17.7 Å². The van der Waals surface area contributed by atoms with Crippen molar-refractivity contribution in [1.29, 1.82) is 0 Å². The molecule has 1 unspecified atom stereocenters. The summed E-state index contributed by atoms with van der Waals surface area (Å²) in [4.78, 5) is 27.6. The number of rotatable bonds is 3. The van der Waals surface area contributed by atoms with Crippen molar-refractivity contribution in [1.82, 2.24) is 0 Å². The molecule has 0 spiro atoms. The van der Waals surface area contributed by atoms with Crippen molar-refractivity contribution in [3.63, 3.8) is 0 Å². The van der Waals surface area contributed by atoms with Crippen LogP contribution in [0, 0.1) is 0 Å². The molecule has 0 aliphatic carbocycles. The van der Waals surface area contributed by atoms with Crippen LogP contribution in [-0.2, 0) is 9.59 Å². The van der Waals surface area contributed by atoms with Gasteiger partial charge >= 0.3 is 0 Å². The minimum atomic E-state index is -0.872. The molecule has 0 saturated carbocycles. The third kappa shape index (κ3) is 3.38. The molecule has 6 nitrogen and oxygen atoms in total. The first-order valence-electron chi connectivity index (χ1n) is 9.66. The lowest BCUT2D eigenvalue weighted by molar-refractivity contribution is -0.132. The zero-order valence-corrected chi connectivity index (χ0v) is 17.9. The monoisotopic (exact) mass is 467 g/mol. The lowest BCUT2D eigenvalue weighted by Gasteiger charge is -2.25. The summed E-state index contributed by atoms with van der Waals surface area (Å²) < 4.78 is 10.8. The summed E-state index contributed by atoms with van der Waals surface area (Å²) in [5, 5.41) is 12.1. The van der Waals surface area contributed by atoms with E-state index in [2.05, 4.69) is 0 Å². The van der Waals surface area contributed by atoms with Crippen LogP contribution >= 0.6 is 23.2 Å². The average molecular weight is 468 g/mol. The molecule has 1 atom stereocenters. The molecule has 0 radical (unpaired) electrons. The van der Waals surface area contributed by atoms with Crippen molar-refractivity contribution < 1.29 is 24.2 Å². The minimum absolute atomic E-state index is 0.0303. The van der Waals surface area contributed by atoms with Crippen LogP contribution in [0.4, 0.5) is 5.69 Å². The molecule has 0 aromatic heterocycles. The molecule has 1 fully saturated rings. The van der Waals surface area contributed by atoms with Crippen LogP contribution < -0.4 is 14.4 Å². The number of hydrogen-bond acceptors (Lipinski definition) is 5. The Balaban J connectivity index is 1.70. The lowest BCUT2D eigenvalue weighted by atomic mass is 9.95. The lowest BCUT2D eigenvalue weighted by Crippen LogP contribution is -2.29. The molecule has 2 aliphatic rings. The zero-order valence-electron chi connectivity index (χ0n) is 16.4. The number of hydrogen-bond donors (Lipinski definition) is 1. The molecular weight excluding hydrogens is 453 g/mol. The van der Waals surface area contributed by atoms with Crippen molar-refractivity contribution in [2.24, 2.45) is 0 Å². The van der Waals surface area contributed by atoms with Crippen LogP contribution in [0.1, 0.15) is 17.2 Å². The number of carbonyl (C=O) groups excluding carboxylic acids is 2. The summed E-state index contributed by atoms with van der Waals surface area (Å²) in [6, 6.07) is 17.2.